The molecular formula is C25H28N2O5S. The molecule has 3 aromatic rings. The van der Waals surface area contributed by atoms with Crippen LogP contribution in [0.2, 0.25) is 0 Å². The van der Waals surface area contributed by atoms with Crippen molar-refractivity contribution in [2.75, 3.05) is 13.7 Å². The number of nitrogens with one attached hydrogen (secondary N) is 1. The lowest BCUT2D eigenvalue weighted by atomic mass is 9.93. The first-order chi connectivity index (χ1) is 15.7. The Labute approximate surface area is 194 Å². The third-order valence-electron chi connectivity index (χ3n) is 6.06. The van der Waals surface area contributed by atoms with Crippen LogP contribution in [0.3, 0.4) is 0 Å². The number of carbonyl (C=O) groups is 1. The summed E-state index contributed by atoms with van der Waals surface area (Å²) in [7, 11) is -2.50. The topological polar surface area (TPSA) is 94.6 Å². The molecule has 1 fully saturated rings. The normalized spacial score (nSPS) is 15.8. The number of sulfonamides is 1. The molecule has 0 aliphatic heterocycles. The monoisotopic (exact) mass is 468 g/mol. The van der Waals surface area contributed by atoms with Crippen molar-refractivity contribution in [2.45, 2.75) is 50.0 Å². The second-order valence-electron chi connectivity index (χ2n) is 8.65. The van der Waals surface area contributed by atoms with Crippen LogP contribution in [-0.4, -0.2) is 39.1 Å². The van der Waals surface area contributed by atoms with Crippen molar-refractivity contribution in [3.05, 3.63) is 65.4 Å². The third kappa shape index (κ3) is 4.58. The zero-order chi connectivity index (χ0) is 23.8. The number of benzene rings is 2. The van der Waals surface area contributed by atoms with Gasteiger partial charge >= 0.3 is 0 Å². The number of fused-ring (bicyclic) bond motifs is 1. The van der Waals surface area contributed by atoms with Gasteiger partial charge in [-0.2, -0.15) is 0 Å². The Hall–Kier alpha value is -2.97. The maximum Gasteiger partial charge on any atom is 0.264 e. The SMILES string of the molecule is CO[C@H](C)COc1ccc(C)cc1C1(C(=O)NS(=O)(=O)c2cccc3nc(C)ccc23)CC1. The Kier molecular flexibility index (Phi) is 6.16. The van der Waals surface area contributed by atoms with Crippen LogP contribution in [0.4, 0.5) is 0 Å². The summed E-state index contributed by atoms with van der Waals surface area (Å²) in [5.74, 6) is 0.0224. The number of rotatable bonds is 8. The van der Waals surface area contributed by atoms with E-state index < -0.39 is 21.3 Å². The van der Waals surface area contributed by atoms with E-state index in [4.69, 9.17) is 9.47 Å². The molecule has 33 heavy (non-hydrogen) atoms. The van der Waals surface area contributed by atoms with E-state index in [1.54, 1.807) is 31.4 Å². The summed E-state index contributed by atoms with van der Waals surface area (Å²) in [5.41, 5.74) is 2.08. The van der Waals surface area contributed by atoms with Crippen molar-refractivity contribution in [1.82, 2.24) is 9.71 Å². The maximum absolute atomic E-state index is 13.4. The van der Waals surface area contributed by atoms with Crippen LogP contribution in [0.5, 0.6) is 5.75 Å². The fraction of sp³-hybridized carbons (Fsp3) is 0.360. The molecule has 4 rings (SSSR count). The molecule has 8 heteroatoms. The van der Waals surface area contributed by atoms with Crippen molar-refractivity contribution in [3.63, 3.8) is 0 Å². The molecule has 1 N–H and O–H groups in total. The second-order valence-corrected chi connectivity index (χ2v) is 10.3. The molecule has 0 saturated heterocycles. The minimum Gasteiger partial charge on any atom is -0.491 e. The first kappa shape index (κ1) is 23.2. The van der Waals surface area contributed by atoms with Crippen LogP contribution in [0.15, 0.2) is 53.4 Å². The number of hydrogen-bond donors (Lipinski definition) is 1. The summed E-state index contributed by atoms with van der Waals surface area (Å²) < 4.78 is 40.0. The lowest BCUT2D eigenvalue weighted by Crippen LogP contribution is -2.39. The van der Waals surface area contributed by atoms with Gasteiger partial charge in [0, 0.05) is 23.8 Å². The van der Waals surface area contributed by atoms with Crippen molar-refractivity contribution in [1.29, 1.82) is 0 Å². The molecule has 0 spiro atoms. The predicted octanol–water partition coefficient (Wildman–Crippen LogP) is 3.80. The molecule has 2 aromatic carbocycles. The molecule has 1 amide bonds. The Morgan fingerprint density at radius 1 is 1.15 bits per heavy atom. The lowest BCUT2D eigenvalue weighted by molar-refractivity contribution is -0.121. The molecule has 174 valence electrons. The second kappa shape index (κ2) is 8.76. The minimum absolute atomic E-state index is 0.0336. The summed E-state index contributed by atoms with van der Waals surface area (Å²) >= 11 is 0. The van der Waals surface area contributed by atoms with E-state index in [0.29, 0.717) is 41.7 Å². The molecule has 7 nitrogen and oxygen atoms in total. The Morgan fingerprint density at radius 2 is 1.91 bits per heavy atom. The fourth-order valence-electron chi connectivity index (χ4n) is 3.90. The van der Waals surface area contributed by atoms with Gasteiger partial charge in [0.15, 0.2) is 0 Å². The van der Waals surface area contributed by atoms with Crippen LogP contribution >= 0.6 is 0 Å². The number of methoxy groups -OCH3 is 1. The van der Waals surface area contributed by atoms with E-state index in [1.165, 1.54) is 6.07 Å². The maximum atomic E-state index is 13.4. The van der Waals surface area contributed by atoms with Gasteiger partial charge in [-0.1, -0.05) is 23.8 Å². The lowest BCUT2D eigenvalue weighted by Gasteiger charge is -2.21. The quantitative estimate of drug-likeness (QED) is 0.540. The number of carbonyl (C=O) groups excluding carboxylic acids is 1. The van der Waals surface area contributed by atoms with Gasteiger partial charge in [0.05, 0.1) is 21.9 Å². The predicted molar refractivity (Wildman–Crippen MR) is 126 cm³/mol. The first-order valence-corrected chi connectivity index (χ1v) is 12.3. The van der Waals surface area contributed by atoms with E-state index in [-0.39, 0.29) is 11.0 Å². The number of hydrogen-bond acceptors (Lipinski definition) is 6. The van der Waals surface area contributed by atoms with Crippen molar-refractivity contribution in [2.24, 2.45) is 0 Å². The summed E-state index contributed by atoms with van der Waals surface area (Å²) in [6.07, 6.45) is 0.973. The minimum atomic E-state index is -4.10. The molecule has 0 radical (unpaired) electrons. The smallest absolute Gasteiger partial charge is 0.264 e. The molecular weight excluding hydrogens is 440 g/mol. The van der Waals surface area contributed by atoms with E-state index in [2.05, 4.69) is 9.71 Å². The number of pyridine rings is 1. The summed E-state index contributed by atoms with van der Waals surface area (Å²) in [6.45, 7) is 5.99. The van der Waals surface area contributed by atoms with Crippen LogP contribution in [0.1, 0.15) is 36.6 Å². The van der Waals surface area contributed by atoms with Crippen LogP contribution in [-0.2, 0) is 25.0 Å². The number of nitrogens with zero attached hydrogens (tertiary/aromatic N) is 1. The van der Waals surface area contributed by atoms with Gasteiger partial charge in [0.25, 0.3) is 10.0 Å². The molecule has 1 atom stereocenters. The third-order valence-corrected chi connectivity index (χ3v) is 7.45. The van der Waals surface area contributed by atoms with Gasteiger partial charge < -0.3 is 9.47 Å². The van der Waals surface area contributed by atoms with E-state index in [0.717, 1.165) is 11.3 Å². The van der Waals surface area contributed by atoms with Crippen LogP contribution in [0.25, 0.3) is 10.9 Å². The molecule has 0 unspecified atom stereocenters. The molecule has 1 aliphatic carbocycles. The van der Waals surface area contributed by atoms with Gasteiger partial charge in [0.2, 0.25) is 5.91 Å². The summed E-state index contributed by atoms with van der Waals surface area (Å²) in [4.78, 5) is 17.8. The Bertz CT molecular complexity index is 1320. The van der Waals surface area contributed by atoms with Crippen LogP contribution in [0, 0.1) is 13.8 Å². The first-order valence-electron chi connectivity index (χ1n) is 10.9. The Morgan fingerprint density at radius 3 is 2.61 bits per heavy atom. The van der Waals surface area contributed by atoms with Crippen LogP contribution < -0.4 is 9.46 Å². The van der Waals surface area contributed by atoms with E-state index >= 15 is 0 Å². The number of ether oxygens (including phenoxy) is 2. The fourth-order valence-corrected chi connectivity index (χ4v) is 5.17. The average Bonchev–Trinajstić information content (AvgIpc) is 3.59. The highest BCUT2D eigenvalue weighted by Crippen LogP contribution is 2.52. The summed E-state index contributed by atoms with van der Waals surface area (Å²) in [5, 5.41) is 0.473. The van der Waals surface area contributed by atoms with Gasteiger partial charge in [-0.05, 0) is 63.9 Å². The van der Waals surface area contributed by atoms with Gasteiger partial charge in [0.1, 0.15) is 12.4 Å². The number of aryl methyl sites for hydroxylation is 2. The molecule has 1 aliphatic rings. The van der Waals surface area contributed by atoms with Crippen molar-refractivity contribution in [3.8, 4) is 5.75 Å². The highest BCUT2D eigenvalue weighted by molar-refractivity contribution is 7.90. The Balaban J connectivity index is 1.65. The zero-order valence-corrected chi connectivity index (χ0v) is 20.0. The molecule has 0 bridgehead atoms. The van der Waals surface area contributed by atoms with Gasteiger partial charge in [-0.3, -0.25) is 9.78 Å². The standard InChI is InChI=1S/C25H28N2O5S/c1-16-8-11-22(32-15-18(3)31-4)20(14-16)25(12-13-25)24(28)27-33(29,30)23-7-5-6-21-19(23)10-9-17(2)26-21/h5-11,14,18H,12-13,15H2,1-4H3,(H,27,28)/t18-/m1/s1. The summed E-state index contributed by atoms with van der Waals surface area (Å²) in [6, 6.07) is 14.0. The zero-order valence-electron chi connectivity index (χ0n) is 19.2. The highest BCUT2D eigenvalue weighted by atomic mass is 32.2. The number of aromatic nitrogens is 1. The van der Waals surface area contributed by atoms with Gasteiger partial charge in [-0.25, -0.2) is 13.1 Å². The average molecular weight is 469 g/mol. The largest absolute Gasteiger partial charge is 0.491 e. The van der Waals surface area contributed by atoms with E-state index in [1.807, 2.05) is 39.0 Å². The molecule has 1 aromatic heterocycles. The van der Waals surface area contributed by atoms with Crippen molar-refractivity contribution >= 4 is 26.8 Å². The van der Waals surface area contributed by atoms with Crippen molar-refractivity contribution < 1.29 is 22.7 Å². The molecule has 1 heterocycles. The van der Waals surface area contributed by atoms with E-state index in [9.17, 15) is 13.2 Å². The highest BCUT2D eigenvalue weighted by Gasteiger charge is 2.54. The molecule has 1 saturated carbocycles. The van der Waals surface area contributed by atoms with Gasteiger partial charge in [-0.15, -0.1) is 0 Å². The number of amides is 1.